The third-order valence-corrected chi connectivity index (χ3v) is 5.76. The number of nitrogens with zero attached hydrogens (tertiary/aromatic N) is 1. The van der Waals surface area contributed by atoms with Gasteiger partial charge in [-0.15, -0.1) is 23.5 Å². The van der Waals surface area contributed by atoms with E-state index < -0.39 is 0 Å². The maximum absolute atomic E-state index is 12.5. The second-order valence-corrected chi connectivity index (χ2v) is 8.36. The number of halogens is 1. The summed E-state index contributed by atoms with van der Waals surface area (Å²) in [5.74, 6) is -0.315. The molecular weight excluding hydrogens is 388 g/mol. The molecule has 0 bridgehead atoms. The second-order valence-electron chi connectivity index (χ2n) is 5.66. The molecule has 1 N–H and O–H groups in total. The van der Waals surface area contributed by atoms with Crippen molar-refractivity contribution < 1.29 is 9.59 Å². The Bertz CT molecular complexity index is 768. The maximum Gasteiger partial charge on any atom is 0.244 e. The minimum atomic E-state index is -0.299. The SMILES string of the molecule is CSc1ccccc1NC(=O)CN(C)C(=O)C(C)Sc1ccc(Cl)cc1. The molecule has 26 heavy (non-hydrogen) atoms. The van der Waals surface area contributed by atoms with Crippen molar-refractivity contribution in [3.63, 3.8) is 0 Å². The zero-order valence-electron chi connectivity index (χ0n) is 14.9. The third-order valence-electron chi connectivity index (χ3n) is 3.61. The van der Waals surface area contributed by atoms with Crippen LogP contribution in [0.4, 0.5) is 5.69 Å². The summed E-state index contributed by atoms with van der Waals surface area (Å²) in [6.07, 6.45) is 1.95. The van der Waals surface area contributed by atoms with Gasteiger partial charge in [-0.2, -0.15) is 0 Å². The van der Waals surface area contributed by atoms with Crippen LogP contribution in [-0.4, -0.2) is 41.8 Å². The maximum atomic E-state index is 12.5. The fourth-order valence-electron chi connectivity index (χ4n) is 2.31. The van der Waals surface area contributed by atoms with Crippen molar-refractivity contribution in [2.45, 2.75) is 22.0 Å². The van der Waals surface area contributed by atoms with E-state index >= 15 is 0 Å². The van der Waals surface area contributed by atoms with Crippen LogP contribution in [0.3, 0.4) is 0 Å². The van der Waals surface area contributed by atoms with E-state index in [1.807, 2.05) is 49.6 Å². The van der Waals surface area contributed by atoms with Gasteiger partial charge in [0.15, 0.2) is 0 Å². The molecule has 2 amide bonds. The number of amides is 2. The largest absolute Gasteiger partial charge is 0.335 e. The highest BCUT2D eigenvalue weighted by atomic mass is 35.5. The summed E-state index contributed by atoms with van der Waals surface area (Å²) < 4.78 is 0. The van der Waals surface area contributed by atoms with Crippen LogP contribution in [0, 0.1) is 0 Å². The number of rotatable bonds is 7. The lowest BCUT2D eigenvalue weighted by atomic mass is 10.3. The lowest BCUT2D eigenvalue weighted by molar-refractivity contribution is -0.132. The summed E-state index contributed by atoms with van der Waals surface area (Å²) >= 11 is 8.88. The highest BCUT2D eigenvalue weighted by molar-refractivity contribution is 8.00. The van der Waals surface area contributed by atoms with Crippen molar-refractivity contribution >= 4 is 52.6 Å². The molecule has 0 aliphatic rings. The second kappa shape index (κ2) is 9.90. The topological polar surface area (TPSA) is 49.4 Å². The minimum absolute atomic E-state index is 0.00701. The van der Waals surface area contributed by atoms with E-state index in [-0.39, 0.29) is 23.6 Å². The van der Waals surface area contributed by atoms with Gasteiger partial charge in [0, 0.05) is 21.9 Å². The molecule has 0 saturated carbocycles. The van der Waals surface area contributed by atoms with Crippen LogP contribution in [-0.2, 0) is 9.59 Å². The van der Waals surface area contributed by atoms with Gasteiger partial charge in [-0.25, -0.2) is 0 Å². The zero-order chi connectivity index (χ0) is 19.1. The van der Waals surface area contributed by atoms with E-state index in [0.29, 0.717) is 5.02 Å². The fraction of sp³-hybridized carbons (Fsp3) is 0.263. The number of carbonyl (C=O) groups excluding carboxylic acids is 2. The highest BCUT2D eigenvalue weighted by Gasteiger charge is 2.21. The molecule has 0 aliphatic carbocycles. The molecule has 0 aromatic heterocycles. The molecule has 2 aromatic rings. The van der Waals surface area contributed by atoms with Crippen LogP contribution in [0.15, 0.2) is 58.3 Å². The Morgan fingerprint density at radius 2 is 1.81 bits per heavy atom. The van der Waals surface area contributed by atoms with Crippen LogP contribution in [0.5, 0.6) is 0 Å². The number of likely N-dealkylation sites (N-methyl/N-ethyl adjacent to an activating group) is 1. The van der Waals surface area contributed by atoms with Crippen molar-refractivity contribution in [1.29, 1.82) is 0 Å². The Morgan fingerprint density at radius 3 is 2.46 bits per heavy atom. The van der Waals surface area contributed by atoms with E-state index in [9.17, 15) is 9.59 Å². The summed E-state index contributed by atoms with van der Waals surface area (Å²) in [6, 6.07) is 14.9. The first-order chi connectivity index (χ1) is 12.4. The smallest absolute Gasteiger partial charge is 0.244 e. The lowest BCUT2D eigenvalue weighted by Gasteiger charge is -2.21. The molecule has 0 spiro atoms. The number of thioether (sulfide) groups is 2. The number of hydrogen-bond acceptors (Lipinski definition) is 4. The molecule has 2 rings (SSSR count). The molecule has 7 heteroatoms. The van der Waals surface area contributed by atoms with Gasteiger partial charge in [-0.05, 0) is 49.6 Å². The Balaban J connectivity index is 1.90. The van der Waals surface area contributed by atoms with E-state index in [1.165, 1.54) is 16.7 Å². The summed E-state index contributed by atoms with van der Waals surface area (Å²) in [5.41, 5.74) is 0.759. The predicted molar refractivity (Wildman–Crippen MR) is 111 cm³/mol. The van der Waals surface area contributed by atoms with Gasteiger partial charge in [-0.1, -0.05) is 23.7 Å². The van der Waals surface area contributed by atoms with Gasteiger partial charge in [-0.3, -0.25) is 9.59 Å². The van der Waals surface area contributed by atoms with Crippen molar-refractivity contribution in [2.24, 2.45) is 0 Å². The first-order valence-corrected chi connectivity index (χ1v) is 10.5. The minimum Gasteiger partial charge on any atom is -0.335 e. The predicted octanol–water partition coefficient (Wildman–Crippen LogP) is 4.64. The number of hydrogen-bond donors (Lipinski definition) is 1. The summed E-state index contributed by atoms with van der Waals surface area (Å²) in [6.45, 7) is 1.84. The molecule has 4 nitrogen and oxygen atoms in total. The molecule has 0 heterocycles. The van der Waals surface area contributed by atoms with Crippen LogP contribution >= 0.6 is 35.1 Å². The van der Waals surface area contributed by atoms with E-state index in [1.54, 1.807) is 30.9 Å². The highest BCUT2D eigenvalue weighted by Crippen LogP contribution is 2.26. The lowest BCUT2D eigenvalue weighted by Crippen LogP contribution is -2.38. The first kappa shape index (κ1) is 20.7. The van der Waals surface area contributed by atoms with Crippen LogP contribution in [0.25, 0.3) is 0 Å². The Hall–Kier alpha value is -1.63. The molecule has 138 valence electrons. The third kappa shape index (κ3) is 5.97. The van der Waals surface area contributed by atoms with E-state index in [0.717, 1.165) is 15.5 Å². The number of para-hydroxylation sites is 1. The van der Waals surface area contributed by atoms with Crippen molar-refractivity contribution in [1.82, 2.24) is 4.90 Å². The molecule has 0 fully saturated rings. The van der Waals surface area contributed by atoms with Crippen molar-refractivity contribution in [3.8, 4) is 0 Å². The van der Waals surface area contributed by atoms with Gasteiger partial charge in [0.05, 0.1) is 17.5 Å². The van der Waals surface area contributed by atoms with Crippen LogP contribution in [0.2, 0.25) is 5.02 Å². The summed E-state index contributed by atoms with van der Waals surface area (Å²) in [5, 5.41) is 3.23. The normalized spacial score (nSPS) is 11.7. The van der Waals surface area contributed by atoms with Crippen molar-refractivity contribution in [2.75, 3.05) is 25.2 Å². The average molecular weight is 409 g/mol. The number of benzene rings is 2. The molecule has 0 aliphatic heterocycles. The van der Waals surface area contributed by atoms with E-state index in [4.69, 9.17) is 11.6 Å². The van der Waals surface area contributed by atoms with Gasteiger partial charge >= 0.3 is 0 Å². The van der Waals surface area contributed by atoms with Crippen LogP contribution < -0.4 is 5.32 Å². The molecule has 1 atom stereocenters. The van der Waals surface area contributed by atoms with Gasteiger partial charge in [0.2, 0.25) is 11.8 Å². The van der Waals surface area contributed by atoms with E-state index in [2.05, 4.69) is 5.32 Å². The number of carbonyl (C=O) groups is 2. The van der Waals surface area contributed by atoms with Gasteiger partial charge in [0.25, 0.3) is 0 Å². The molecule has 0 saturated heterocycles. The monoisotopic (exact) mass is 408 g/mol. The Labute approximate surface area is 167 Å². The Morgan fingerprint density at radius 1 is 1.15 bits per heavy atom. The number of nitrogens with one attached hydrogen (secondary N) is 1. The molecule has 2 aromatic carbocycles. The summed E-state index contributed by atoms with van der Waals surface area (Å²) in [7, 11) is 1.64. The average Bonchev–Trinajstić information content (AvgIpc) is 2.63. The first-order valence-electron chi connectivity index (χ1n) is 8.00. The zero-order valence-corrected chi connectivity index (χ0v) is 17.3. The molecule has 0 radical (unpaired) electrons. The summed E-state index contributed by atoms with van der Waals surface area (Å²) in [4.78, 5) is 28.2. The molecular formula is C19H21ClN2O2S2. The van der Waals surface area contributed by atoms with Crippen LogP contribution in [0.1, 0.15) is 6.92 Å². The quantitative estimate of drug-likeness (QED) is 0.678. The fourth-order valence-corrected chi connectivity index (χ4v) is 3.97. The standard InChI is InChI=1S/C19H21ClN2O2S2/c1-13(26-15-10-8-14(20)9-11-15)19(24)22(2)12-18(23)21-16-6-4-5-7-17(16)25-3/h4-11,13H,12H2,1-3H3,(H,21,23). The van der Waals surface area contributed by atoms with Gasteiger partial charge in [0.1, 0.15) is 0 Å². The van der Waals surface area contributed by atoms with Crippen molar-refractivity contribution in [3.05, 3.63) is 53.6 Å². The van der Waals surface area contributed by atoms with Gasteiger partial charge < -0.3 is 10.2 Å². The Kier molecular flexibility index (Phi) is 7.87. The number of anilines is 1. The molecule has 1 unspecified atom stereocenters.